The molecule has 7 heteroatoms. The number of hydrogen-bond donors (Lipinski definition) is 1. The lowest BCUT2D eigenvalue weighted by atomic mass is 10.1. The van der Waals surface area contributed by atoms with Gasteiger partial charge in [0.1, 0.15) is 0 Å². The van der Waals surface area contributed by atoms with Crippen LogP contribution < -0.4 is 5.32 Å². The second-order valence-corrected chi connectivity index (χ2v) is 7.49. The molecule has 21 heavy (non-hydrogen) atoms. The first-order valence-corrected chi connectivity index (χ1v) is 9.62. The van der Waals surface area contributed by atoms with Crippen LogP contribution in [0.2, 0.25) is 0 Å². The Balaban J connectivity index is 2.01. The van der Waals surface area contributed by atoms with Gasteiger partial charge in [-0.2, -0.15) is 0 Å². The number of rotatable bonds is 9. The molecule has 0 atom stereocenters. The third-order valence-corrected chi connectivity index (χ3v) is 5.02. The van der Waals surface area contributed by atoms with Crippen molar-refractivity contribution < 1.29 is 17.9 Å². The van der Waals surface area contributed by atoms with Crippen molar-refractivity contribution in [3.05, 3.63) is 0 Å². The molecule has 1 heterocycles. The maximum Gasteiger partial charge on any atom is 0.305 e. The summed E-state index contributed by atoms with van der Waals surface area (Å²) in [5, 5.41) is 3.47. The minimum Gasteiger partial charge on any atom is -0.466 e. The molecular formula is C14H28N2O4S. The van der Waals surface area contributed by atoms with Gasteiger partial charge in [0, 0.05) is 25.6 Å². The second kappa shape index (κ2) is 9.38. The number of sulfonamides is 1. The molecule has 124 valence electrons. The number of unbranched alkanes of at least 4 members (excludes halogenated alkanes) is 2. The average molecular weight is 320 g/mol. The summed E-state index contributed by atoms with van der Waals surface area (Å²) in [6.45, 7) is 4.41. The van der Waals surface area contributed by atoms with Crippen molar-refractivity contribution in [2.75, 3.05) is 32.5 Å². The highest BCUT2D eigenvalue weighted by Gasteiger charge is 2.24. The maximum absolute atomic E-state index is 11.4. The summed E-state index contributed by atoms with van der Waals surface area (Å²) in [5.74, 6) is -0.112. The summed E-state index contributed by atoms with van der Waals surface area (Å²) in [7, 11) is -3.03. The van der Waals surface area contributed by atoms with Crippen LogP contribution in [0.15, 0.2) is 0 Å². The van der Waals surface area contributed by atoms with Crippen LogP contribution in [0.25, 0.3) is 0 Å². The lowest BCUT2D eigenvalue weighted by Crippen LogP contribution is -2.44. The molecule has 0 bridgehead atoms. The van der Waals surface area contributed by atoms with Gasteiger partial charge in [0.2, 0.25) is 10.0 Å². The first-order valence-electron chi connectivity index (χ1n) is 7.77. The normalized spacial score (nSPS) is 17.8. The maximum atomic E-state index is 11.4. The molecule has 1 aliphatic rings. The third-order valence-electron chi connectivity index (χ3n) is 3.72. The molecule has 0 amide bonds. The zero-order valence-corrected chi connectivity index (χ0v) is 14.0. The van der Waals surface area contributed by atoms with Gasteiger partial charge in [-0.1, -0.05) is 6.42 Å². The fraction of sp³-hybridized carbons (Fsp3) is 0.929. The Morgan fingerprint density at radius 3 is 2.48 bits per heavy atom. The first kappa shape index (κ1) is 18.4. The van der Waals surface area contributed by atoms with Crippen LogP contribution in [0.5, 0.6) is 0 Å². The van der Waals surface area contributed by atoms with E-state index in [-0.39, 0.29) is 5.97 Å². The Bertz CT molecular complexity index is 403. The van der Waals surface area contributed by atoms with E-state index in [0.717, 1.165) is 38.6 Å². The van der Waals surface area contributed by atoms with E-state index in [1.54, 1.807) is 4.31 Å². The highest BCUT2D eigenvalue weighted by atomic mass is 32.2. The Morgan fingerprint density at radius 2 is 1.90 bits per heavy atom. The zero-order valence-electron chi connectivity index (χ0n) is 13.1. The number of hydrogen-bond acceptors (Lipinski definition) is 5. The number of carbonyl (C=O) groups excluding carboxylic acids is 1. The van der Waals surface area contributed by atoms with E-state index in [4.69, 9.17) is 4.74 Å². The molecule has 6 nitrogen and oxygen atoms in total. The van der Waals surface area contributed by atoms with E-state index >= 15 is 0 Å². The quantitative estimate of drug-likeness (QED) is 0.509. The molecule has 1 aliphatic heterocycles. The molecule has 1 rings (SSSR count). The van der Waals surface area contributed by atoms with Gasteiger partial charge in [-0.25, -0.2) is 12.7 Å². The predicted octanol–water partition coefficient (Wildman–Crippen LogP) is 1.12. The van der Waals surface area contributed by atoms with Crippen molar-refractivity contribution in [3.63, 3.8) is 0 Å². The van der Waals surface area contributed by atoms with Crippen molar-refractivity contribution in [2.45, 2.75) is 51.5 Å². The number of nitrogens with zero attached hydrogens (tertiary/aromatic N) is 1. The Labute approximate surface area is 128 Å². The molecule has 0 spiro atoms. The Hall–Kier alpha value is -0.660. The molecule has 1 fully saturated rings. The minimum absolute atomic E-state index is 0.112. The first-order chi connectivity index (χ1) is 9.93. The summed E-state index contributed by atoms with van der Waals surface area (Å²) >= 11 is 0. The fourth-order valence-electron chi connectivity index (χ4n) is 2.50. The molecule has 0 radical (unpaired) electrons. The lowest BCUT2D eigenvalue weighted by Gasteiger charge is -2.30. The number of nitrogens with one attached hydrogen (secondary N) is 1. The molecular weight excluding hydrogens is 292 g/mol. The fourth-order valence-corrected chi connectivity index (χ4v) is 3.38. The molecule has 0 aliphatic carbocycles. The van der Waals surface area contributed by atoms with E-state index in [1.165, 1.54) is 6.26 Å². The van der Waals surface area contributed by atoms with E-state index in [0.29, 0.717) is 32.2 Å². The lowest BCUT2D eigenvalue weighted by molar-refractivity contribution is -0.143. The molecule has 0 aromatic heterocycles. The number of esters is 1. The van der Waals surface area contributed by atoms with Gasteiger partial charge in [-0.15, -0.1) is 0 Å². The van der Waals surface area contributed by atoms with Gasteiger partial charge in [0.25, 0.3) is 0 Å². The van der Waals surface area contributed by atoms with Gasteiger partial charge in [0.15, 0.2) is 0 Å². The van der Waals surface area contributed by atoms with Crippen LogP contribution in [-0.2, 0) is 19.6 Å². The molecule has 0 aromatic rings. The summed E-state index contributed by atoms with van der Waals surface area (Å²) in [6.07, 6.45) is 6.42. The van der Waals surface area contributed by atoms with Crippen molar-refractivity contribution >= 4 is 16.0 Å². The van der Waals surface area contributed by atoms with Gasteiger partial charge in [0.05, 0.1) is 12.9 Å². The Morgan fingerprint density at radius 1 is 1.24 bits per heavy atom. The van der Waals surface area contributed by atoms with Crippen LogP contribution in [0.1, 0.15) is 45.4 Å². The van der Waals surface area contributed by atoms with Gasteiger partial charge in [-0.3, -0.25) is 4.79 Å². The van der Waals surface area contributed by atoms with Crippen LogP contribution in [0.3, 0.4) is 0 Å². The van der Waals surface area contributed by atoms with Crippen molar-refractivity contribution in [1.82, 2.24) is 9.62 Å². The third kappa shape index (κ3) is 7.78. The standard InChI is InChI=1S/C14H28N2O4S/c1-3-20-14(17)7-5-4-6-10-15-13-8-11-16(12-9-13)21(2,18)19/h13,15H,3-12H2,1-2H3. The van der Waals surface area contributed by atoms with Gasteiger partial charge >= 0.3 is 5.97 Å². The predicted molar refractivity (Wildman–Crippen MR) is 82.5 cm³/mol. The number of piperidine rings is 1. The minimum atomic E-state index is -3.03. The summed E-state index contributed by atoms with van der Waals surface area (Å²) in [5.41, 5.74) is 0. The van der Waals surface area contributed by atoms with Crippen molar-refractivity contribution in [3.8, 4) is 0 Å². The molecule has 1 N–H and O–H groups in total. The van der Waals surface area contributed by atoms with Crippen LogP contribution in [-0.4, -0.2) is 57.2 Å². The summed E-state index contributed by atoms with van der Waals surface area (Å²) in [6, 6.07) is 0.410. The molecule has 0 saturated carbocycles. The van der Waals surface area contributed by atoms with Gasteiger partial charge in [-0.05, 0) is 39.2 Å². The van der Waals surface area contributed by atoms with Crippen LogP contribution >= 0.6 is 0 Å². The van der Waals surface area contributed by atoms with Gasteiger partial charge < -0.3 is 10.1 Å². The van der Waals surface area contributed by atoms with E-state index in [9.17, 15) is 13.2 Å². The smallest absolute Gasteiger partial charge is 0.305 e. The molecule has 0 aromatic carbocycles. The summed E-state index contributed by atoms with van der Waals surface area (Å²) in [4.78, 5) is 11.1. The van der Waals surface area contributed by atoms with Crippen LogP contribution in [0, 0.1) is 0 Å². The average Bonchev–Trinajstić information content (AvgIpc) is 2.42. The monoisotopic (exact) mass is 320 g/mol. The van der Waals surface area contributed by atoms with Crippen LogP contribution in [0.4, 0.5) is 0 Å². The van der Waals surface area contributed by atoms with E-state index < -0.39 is 10.0 Å². The molecule has 0 unspecified atom stereocenters. The second-order valence-electron chi connectivity index (χ2n) is 5.51. The topological polar surface area (TPSA) is 75.7 Å². The van der Waals surface area contributed by atoms with E-state index in [2.05, 4.69) is 5.32 Å². The Kier molecular flexibility index (Phi) is 8.21. The number of ether oxygens (including phenoxy) is 1. The number of carbonyl (C=O) groups is 1. The highest BCUT2D eigenvalue weighted by Crippen LogP contribution is 2.13. The van der Waals surface area contributed by atoms with E-state index in [1.807, 2.05) is 6.92 Å². The highest BCUT2D eigenvalue weighted by molar-refractivity contribution is 7.88. The molecule has 1 saturated heterocycles. The SMILES string of the molecule is CCOC(=O)CCCCCNC1CCN(S(C)(=O)=O)CC1. The van der Waals surface area contributed by atoms with Crippen molar-refractivity contribution in [1.29, 1.82) is 0 Å². The summed E-state index contributed by atoms with van der Waals surface area (Å²) < 4.78 is 29.2. The largest absolute Gasteiger partial charge is 0.466 e. The van der Waals surface area contributed by atoms with Crippen molar-refractivity contribution in [2.24, 2.45) is 0 Å². The zero-order chi connectivity index (χ0) is 15.7.